The van der Waals surface area contributed by atoms with Gasteiger partial charge in [-0.1, -0.05) is 0 Å². The SMILES string of the molecule is Cc1c(N2CCCS2=O)nc2cc(F)cc(F)c2c1Nc1cc(N2CCOCC2)ncc1-c1cncnc1. The maximum Gasteiger partial charge on any atom is 0.146 e. The Labute approximate surface area is 220 Å². The molecule has 1 N–H and O–H groups in total. The number of hydrogen-bond donors (Lipinski definition) is 1. The molecule has 0 aliphatic carbocycles. The van der Waals surface area contributed by atoms with E-state index in [9.17, 15) is 8.60 Å². The maximum absolute atomic E-state index is 15.3. The van der Waals surface area contributed by atoms with Crippen molar-refractivity contribution in [3.05, 3.63) is 60.3 Å². The zero-order chi connectivity index (χ0) is 26.2. The molecule has 0 bridgehead atoms. The van der Waals surface area contributed by atoms with Crippen LogP contribution in [0, 0.1) is 18.6 Å². The zero-order valence-electron chi connectivity index (χ0n) is 20.7. The topological polar surface area (TPSA) is 96.4 Å². The first-order valence-corrected chi connectivity index (χ1v) is 13.6. The van der Waals surface area contributed by atoms with Gasteiger partial charge in [-0.05, 0) is 13.3 Å². The third-order valence-corrected chi connectivity index (χ3v) is 8.22. The Morgan fingerprint density at radius 3 is 2.58 bits per heavy atom. The highest BCUT2D eigenvalue weighted by molar-refractivity contribution is 7.86. The van der Waals surface area contributed by atoms with Crippen LogP contribution in [0.4, 0.5) is 31.8 Å². The van der Waals surface area contributed by atoms with Crippen LogP contribution in [0.2, 0.25) is 0 Å². The standard InChI is InChI=1S/C26H25F2N7O2S/c1-16-25(24-20(28)9-18(27)10-22(24)33-26(16)35-3-2-8-38(35)36)32-21-11-23(34-4-6-37-7-5-34)31-14-19(21)17-12-29-15-30-13-17/h9-15H,2-8H2,1H3,(H,31,32,33). The lowest BCUT2D eigenvalue weighted by Crippen LogP contribution is -2.36. The molecule has 1 atom stereocenters. The molecule has 3 aromatic heterocycles. The fourth-order valence-corrected chi connectivity index (χ4v) is 6.15. The summed E-state index contributed by atoms with van der Waals surface area (Å²) in [6.45, 7) is 4.93. The molecule has 0 spiro atoms. The van der Waals surface area contributed by atoms with Crippen LogP contribution in [-0.4, -0.2) is 62.7 Å². The number of morpholine rings is 1. The largest absolute Gasteiger partial charge is 0.378 e. The number of halogens is 2. The van der Waals surface area contributed by atoms with Crippen LogP contribution >= 0.6 is 0 Å². The van der Waals surface area contributed by atoms with Crippen molar-refractivity contribution in [2.24, 2.45) is 0 Å². The Morgan fingerprint density at radius 1 is 1.05 bits per heavy atom. The number of nitrogens with zero attached hydrogens (tertiary/aromatic N) is 6. The summed E-state index contributed by atoms with van der Waals surface area (Å²) >= 11 is 0. The van der Waals surface area contributed by atoms with Gasteiger partial charge in [0.05, 0.1) is 35.5 Å². The molecule has 6 rings (SSSR count). The van der Waals surface area contributed by atoms with E-state index in [1.165, 1.54) is 12.4 Å². The Morgan fingerprint density at radius 2 is 1.84 bits per heavy atom. The number of nitrogens with one attached hydrogen (secondary N) is 1. The Hall–Kier alpha value is -3.77. The summed E-state index contributed by atoms with van der Waals surface area (Å²) in [4.78, 5) is 19.6. The third-order valence-electron chi connectivity index (χ3n) is 6.74. The van der Waals surface area contributed by atoms with Crippen molar-refractivity contribution in [3.8, 4) is 11.1 Å². The first-order valence-electron chi connectivity index (χ1n) is 12.3. The fraction of sp³-hybridized carbons (Fsp3) is 0.308. The first-order chi connectivity index (χ1) is 18.5. The van der Waals surface area contributed by atoms with Gasteiger partial charge in [-0.3, -0.25) is 4.31 Å². The molecule has 0 saturated carbocycles. The number of aromatic nitrogens is 4. The molecule has 0 amide bonds. The summed E-state index contributed by atoms with van der Waals surface area (Å²) in [6, 6.07) is 3.94. The van der Waals surface area contributed by atoms with Crippen molar-refractivity contribution in [1.82, 2.24) is 19.9 Å². The number of pyridine rings is 2. The molecule has 2 aliphatic heterocycles. The van der Waals surface area contributed by atoms with Crippen LogP contribution in [-0.2, 0) is 15.7 Å². The molecule has 2 fully saturated rings. The van der Waals surface area contributed by atoms with E-state index in [0.29, 0.717) is 66.9 Å². The van der Waals surface area contributed by atoms with Gasteiger partial charge in [0, 0.05) is 78.9 Å². The van der Waals surface area contributed by atoms with Crippen LogP contribution in [0.3, 0.4) is 0 Å². The quantitative estimate of drug-likeness (QED) is 0.406. The van der Waals surface area contributed by atoms with E-state index < -0.39 is 22.6 Å². The smallest absolute Gasteiger partial charge is 0.146 e. The second-order valence-corrected chi connectivity index (χ2v) is 10.6. The molecule has 196 valence electrons. The molecule has 2 aliphatic rings. The molecule has 4 aromatic rings. The minimum Gasteiger partial charge on any atom is -0.378 e. The summed E-state index contributed by atoms with van der Waals surface area (Å²) in [7, 11) is -1.26. The van der Waals surface area contributed by atoms with Crippen molar-refractivity contribution in [2.45, 2.75) is 13.3 Å². The number of fused-ring (bicyclic) bond motifs is 1. The van der Waals surface area contributed by atoms with E-state index in [1.54, 1.807) is 29.8 Å². The van der Waals surface area contributed by atoms with Crippen molar-refractivity contribution in [2.75, 3.05) is 53.1 Å². The van der Waals surface area contributed by atoms with Crippen LogP contribution in [0.5, 0.6) is 0 Å². The lowest BCUT2D eigenvalue weighted by Gasteiger charge is -2.29. The number of benzene rings is 1. The molecular weight excluding hydrogens is 512 g/mol. The van der Waals surface area contributed by atoms with Crippen LogP contribution in [0.1, 0.15) is 12.0 Å². The second kappa shape index (κ2) is 10.2. The van der Waals surface area contributed by atoms with Gasteiger partial charge in [-0.2, -0.15) is 0 Å². The average Bonchev–Trinajstić information content (AvgIpc) is 3.36. The third kappa shape index (κ3) is 4.54. The summed E-state index contributed by atoms with van der Waals surface area (Å²) in [6.07, 6.45) is 7.28. The number of rotatable bonds is 5. The number of anilines is 4. The molecule has 9 nitrogen and oxygen atoms in total. The molecule has 5 heterocycles. The highest BCUT2D eigenvalue weighted by atomic mass is 32.2. The summed E-state index contributed by atoms with van der Waals surface area (Å²) in [5.41, 5.74) is 3.24. The number of ether oxygens (including phenoxy) is 1. The van der Waals surface area contributed by atoms with Gasteiger partial charge in [-0.25, -0.2) is 32.9 Å². The predicted octanol–water partition coefficient (Wildman–Crippen LogP) is 4.13. The highest BCUT2D eigenvalue weighted by Gasteiger charge is 2.27. The lowest BCUT2D eigenvalue weighted by atomic mass is 10.1. The minimum absolute atomic E-state index is 0.140. The van der Waals surface area contributed by atoms with Gasteiger partial charge >= 0.3 is 0 Å². The molecule has 2 saturated heterocycles. The van der Waals surface area contributed by atoms with Crippen molar-refractivity contribution < 1.29 is 17.7 Å². The molecule has 38 heavy (non-hydrogen) atoms. The Kier molecular flexibility index (Phi) is 6.58. The van der Waals surface area contributed by atoms with E-state index in [1.807, 2.05) is 6.07 Å². The second-order valence-electron chi connectivity index (χ2n) is 9.14. The molecule has 0 radical (unpaired) electrons. The minimum atomic E-state index is -1.26. The Balaban J connectivity index is 1.54. The van der Waals surface area contributed by atoms with E-state index in [2.05, 4.69) is 30.2 Å². The van der Waals surface area contributed by atoms with Gasteiger partial charge in [0.15, 0.2) is 0 Å². The van der Waals surface area contributed by atoms with E-state index in [0.717, 1.165) is 23.9 Å². The summed E-state index contributed by atoms with van der Waals surface area (Å²) < 4.78 is 49.5. The first kappa shape index (κ1) is 24.6. The zero-order valence-corrected chi connectivity index (χ0v) is 21.5. The maximum atomic E-state index is 15.3. The van der Waals surface area contributed by atoms with E-state index in [-0.39, 0.29) is 10.9 Å². The van der Waals surface area contributed by atoms with Gasteiger partial charge in [0.1, 0.15) is 40.6 Å². The van der Waals surface area contributed by atoms with Crippen LogP contribution in [0.15, 0.2) is 43.1 Å². The monoisotopic (exact) mass is 537 g/mol. The average molecular weight is 538 g/mol. The normalized spacial score (nSPS) is 17.8. The predicted molar refractivity (Wildman–Crippen MR) is 143 cm³/mol. The number of hydrogen-bond acceptors (Lipinski definition) is 8. The van der Waals surface area contributed by atoms with Gasteiger partial charge in [-0.15, -0.1) is 0 Å². The van der Waals surface area contributed by atoms with Gasteiger partial charge in [0.25, 0.3) is 0 Å². The van der Waals surface area contributed by atoms with E-state index in [4.69, 9.17) is 4.74 Å². The molecule has 12 heteroatoms. The van der Waals surface area contributed by atoms with Crippen LogP contribution in [0.25, 0.3) is 22.0 Å². The van der Waals surface area contributed by atoms with Gasteiger partial charge in [0.2, 0.25) is 0 Å². The summed E-state index contributed by atoms with van der Waals surface area (Å²) in [5, 5.41) is 3.57. The summed E-state index contributed by atoms with van der Waals surface area (Å²) in [5.74, 6) is 0.226. The molecule has 1 aromatic carbocycles. The van der Waals surface area contributed by atoms with Crippen molar-refractivity contribution in [1.29, 1.82) is 0 Å². The van der Waals surface area contributed by atoms with Crippen molar-refractivity contribution in [3.63, 3.8) is 0 Å². The molecule has 1 unspecified atom stereocenters. The van der Waals surface area contributed by atoms with Gasteiger partial charge < -0.3 is 15.0 Å². The van der Waals surface area contributed by atoms with Crippen molar-refractivity contribution >= 4 is 44.9 Å². The lowest BCUT2D eigenvalue weighted by molar-refractivity contribution is 0.122. The Bertz CT molecular complexity index is 1530. The molecular formula is C26H25F2N7O2S. The fourth-order valence-electron chi connectivity index (χ4n) is 4.85. The van der Waals surface area contributed by atoms with E-state index >= 15 is 4.39 Å². The van der Waals surface area contributed by atoms with Crippen LogP contribution < -0.4 is 14.5 Å². The highest BCUT2D eigenvalue weighted by Crippen LogP contribution is 2.40.